The number of nitro groups is 1. The third-order valence-corrected chi connectivity index (χ3v) is 5.90. The number of nitro benzene ring substituents is 1. The largest absolute Gasteiger partial charge is 0.465 e. The second-order valence-electron chi connectivity index (χ2n) is 7.05. The molecule has 0 aliphatic heterocycles. The molecule has 4 aromatic rings. The van der Waals surface area contributed by atoms with Gasteiger partial charge in [-0.1, -0.05) is 53.8 Å². The molecular weight excluding hydrogens is 430 g/mol. The molecule has 0 aliphatic carbocycles. The fraction of sp³-hybridized carbons (Fsp3) is 0.174. The zero-order valence-corrected chi connectivity index (χ0v) is 18.0. The zero-order chi connectivity index (χ0) is 22.7. The molecule has 3 aromatic carbocycles. The molecule has 0 fully saturated rings. The van der Waals surface area contributed by atoms with Crippen molar-refractivity contribution in [2.24, 2.45) is 4.99 Å². The lowest BCUT2D eigenvalue weighted by Crippen LogP contribution is -2.23. The predicted octanol–water partition coefficient (Wildman–Crippen LogP) is 4.00. The van der Waals surface area contributed by atoms with Crippen LogP contribution in [0.4, 0.5) is 5.69 Å². The van der Waals surface area contributed by atoms with Gasteiger partial charge in [-0.15, -0.1) is 0 Å². The first-order chi connectivity index (χ1) is 15.4. The predicted molar refractivity (Wildman–Crippen MR) is 121 cm³/mol. The van der Waals surface area contributed by atoms with Crippen molar-refractivity contribution in [1.82, 2.24) is 4.57 Å². The molecule has 32 heavy (non-hydrogen) atoms. The quantitative estimate of drug-likeness (QED) is 0.251. The van der Waals surface area contributed by atoms with Gasteiger partial charge >= 0.3 is 5.97 Å². The zero-order valence-electron chi connectivity index (χ0n) is 17.2. The van der Waals surface area contributed by atoms with Gasteiger partial charge in [0, 0.05) is 12.1 Å². The number of nitrogens with zero attached hydrogens (tertiary/aromatic N) is 3. The first-order valence-corrected chi connectivity index (χ1v) is 10.7. The summed E-state index contributed by atoms with van der Waals surface area (Å²) in [4.78, 5) is 40.0. The Morgan fingerprint density at radius 1 is 1.09 bits per heavy atom. The molecule has 0 radical (unpaired) electrons. The third-order valence-electron chi connectivity index (χ3n) is 4.86. The number of thiazole rings is 1. The third kappa shape index (κ3) is 4.57. The Balaban J connectivity index is 1.71. The van der Waals surface area contributed by atoms with Gasteiger partial charge in [-0.05, 0) is 29.3 Å². The molecule has 4 rings (SSSR count). The van der Waals surface area contributed by atoms with Gasteiger partial charge < -0.3 is 9.30 Å². The summed E-state index contributed by atoms with van der Waals surface area (Å²) < 4.78 is 7.14. The molecule has 1 heterocycles. The van der Waals surface area contributed by atoms with Crippen LogP contribution in [0.25, 0.3) is 21.0 Å². The lowest BCUT2D eigenvalue weighted by atomic mass is 10.1. The maximum absolute atomic E-state index is 12.7. The SMILES string of the molecule is CCOC(=O)Cn1c(=NC(=O)Cc2ccc3ccccc3c2)sc2cc([N+](=O)[O-])ccc21. The molecule has 0 bridgehead atoms. The first-order valence-electron chi connectivity index (χ1n) is 9.93. The van der Waals surface area contributed by atoms with E-state index in [-0.39, 0.29) is 31.2 Å². The number of aromatic nitrogens is 1. The Bertz CT molecular complexity index is 1420. The molecule has 9 heteroatoms. The average molecular weight is 449 g/mol. The number of benzene rings is 3. The van der Waals surface area contributed by atoms with Crippen LogP contribution in [0.2, 0.25) is 0 Å². The summed E-state index contributed by atoms with van der Waals surface area (Å²) in [7, 11) is 0. The number of fused-ring (bicyclic) bond motifs is 2. The molecule has 162 valence electrons. The minimum atomic E-state index is -0.490. The number of hydrogen-bond donors (Lipinski definition) is 0. The van der Waals surface area contributed by atoms with Gasteiger partial charge in [0.2, 0.25) is 0 Å². The highest BCUT2D eigenvalue weighted by atomic mass is 32.1. The van der Waals surface area contributed by atoms with E-state index in [9.17, 15) is 19.7 Å². The number of carbonyl (C=O) groups is 2. The van der Waals surface area contributed by atoms with E-state index in [0.29, 0.717) is 15.0 Å². The van der Waals surface area contributed by atoms with Crippen LogP contribution in [-0.4, -0.2) is 28.0 Å². The fourth-order valence-electron chi connectivity index (χ4n) is 3.42. The van der Waals surface area contributed by atoms with E-state index >= 15 is 0 Å². The van der Waals surface area contributed by atoms with E-state index < -0.39 is 10.9 Å². The van der Waals surface area contributed by atoms with Crippen molar-refractivity contribution in [2.45, 2.75) is 19.9 Å². The average Bonchev–Trinajstić information content (AvgIpc) is 3.09. The second kappa shape index (κ2) is 9.11. The lowest BCUT2D eigenvalue weighted by molar-refractivity contribution is -0.384. The van der Waals surface area contributed by atoms with Gasteiger partial charge in [0.15, 0.2) is 4.80 Å². The Morgan fingerprint density at radius 2 is 1.88 bits per heavy atom. The Kier molecular flexibility index (Phi) is 6.09. The van der Waals surface area contributed by atoms with Gasteiger partial charge in [-0.25, -0.2) is 0 Å². The summed E-state index contributed by atoms with van der Waals surface area (Å²) in [5.41, 5.74) is 1.33. The van der Waals surface area contributed by atoms with Crippen molar-refractivity contribution in [3.05, 3.63) is 81.1 Å². The molecular formula is C23H19N3O5S. The van der Waals surface area contributed by atoms with Crippen LogP contribution >= 0.6 is 11.3 Å². The Morgan fingerprint density at radius 3 is 2.62 bits per heavy atom. The van der Waals surface area contributed by atoms with E-state index in [2.05, 4.69) is 4.99 Å². The smallest absolute Gasteiger partial charge is 0.326 e. The summed E-state index contributed by atoms with van der Waals surface area (Å²) in [6.45, 7) is 1.78. The Labute approximate surface area is 186 Å². The van der Waals surface area contributed by atoms with Crippen molar-refractivity contribution in [3.8, 4) is 0 Å². The molecule has 1 aromatic heterocycles. The molecule has 1 amide bonds. The fourth-order valence-corrected chi connectivity index (χ4v) is 4.50. The van der Waals surface area contributed by atoms with Crippen LogP contribution in [0.15, 0.2) is 65.7 Å². The summed E-state index contributed by atoms with van der Waals surface area (Å²) >= 11 is 1.12. The van der Waals surface area contributed by atoms with E-state index in [4.69, 9.17) is 4.74 Å². The monoisotopic (exact) mass is 449 g/mol. The van der Waals surface area contributed by atoms with Crippen molar-refractivity contribution in [3.63, 3.8) is 0 Å². The van der Waals surface area contributed by atoms with Crippen LogP contribution in [0.3, 0.4) is 0 Å². The number of carbonyl (C=O) groups excluding carboxylic acids is 2. The van der Waals surface area contributed by atoms with Crippen LogP contribution in [-0.2, 0) is 27.3 Å². The highest BCUT2D eigenvalue weighted by Crippen LogP contribution is 2.23. The van der Waals surface area contributed by atoms with E-state index in [0.717, 1.165) is 27.7 Å². The van der Waals surface area contributed by atoms with E-state index in [1.54, 1.807) is 17.6 Å². The molecule has 8 nitrogen and oxygen atoms in total. The second-order valence-corrected chi connectivity index (χ2v) is 8.06. The molecule has 0 atom stereocenters. The van der Waals surface area contributed by atoms with Crippen molar-refractivity contribution < 1.29 is 19.2 Å². The van der Waals surface area contributed by atoms with Gasteiger partial charge in [0.1, 0.15) is 6.54 Å². The number of hydrogen-bond acceptors (Lipinski definition) is 6. The highest BCUT2D eigenvalue weighted by Gasteiger charge is 2.15. The van der Waals surface area contributed by atoms with Crippen LogP contribution < -0.4 is 4.80 Å². The summed E-state index contributed by atoms with van der Waals surface area (Å²) in [6, 6.07) is 18.0. The summed E-state index contributed by atoms with van der Waals surface area (Å²) in [5, 5.41) is 13.2. The standard InChI is InChI=1S/C23H19N3O5S/c1-2-31-22(28)14-25-19-10-9-18(26(29)30)13-20(19)32-23(25)24-21(27)12-15-7-8-16-5-3-4-6-17(16)11-15/h3-11,13H,2,12,14H2,1H3. The number of rotatable bonds is 6. The minimum Gasteiger partial charge on any atom is -0.465 e. The molecule has 0 saturated carbocycles. The lowest BCUT2D eigenvalue weighted by Gasteiger charge is -2.05. The topological polar surface area (TPSA) is 104 Å². The number of non-ortho nitro benzene ring substituents is 1. The molecule has 0 saturated heterocycles. The van der Waals surface area contributed by atoms with Crippen LogP contribution in [0.1, 0.15) is 12.5 Å². The molecule has 0 N–H and O–H groups in total. The summed E-state index contributed by atoms with van der Waals surface area (Å²) in [6.07, 6.45) is 0.0959. The normalized spacial score (nSPS) is 11.7. The number of esters is 1. The van der Waals surface area contributed by atoms with E-state index in [1.165, 1.54) is 12.1 Å². The van der Waals surface area contributed by atoms with Gasteiger partial charge in [-0.3, -0.25) is 19.7 Å². The Hall–Kier alpha value is -3.85. The van der Waals surface area contributed by atoms with Crippen LogP contribution in [0.5, 0.6) is 0 Å². The molecule has 0 aliphatic rings. The molecule has 0 spiro atoms. The minimum absolute atomic E-state index is 0.0731. The van der Waals surface area contributed by atoms with Crippen molar-refractivity contribution in [2.75, 3.05) is 6.61 Å². The van der Waals surface area contributed by atoms with Crippen molar-refractivity contribution in [1.29, 1.82) is 0 Å². The van der Waals surface area contributed by atoms with Crippen LogP contribution in [0, 0.1) is 10.1 Å². The van der Waals surface area contributed by atoms with Crippen molar-refractivity contribution >= 4 is 49.9 Å². The maximum Gasteiger partial charge on any atom is 0.326 e. The first kappa shape index (κ1) is 21.4. The van der Waals surface area contributed by atoms with E-state index in [1.807, 2.05) is 42.5 Å². The molecule has 0 unspecified atom stereocenters. The maximum atomic E-state index is 12.7. The number of amides is 1. The van der Waals surface area contributed by atoms with Gasteiger partial charge in [-0.2, -0.15) is 4.99 Å². The van der Waals surface area contributed by atoms with Gasteiger partial charge in [0.05, 0.1) is 28.2 Å². The van der Waals surface area contributed by atoms with Gasteiger partial charge in [0.25, 0.3) is 11.6 Å². The highest BCUT2D eigenvalue weighted by molar-refractivity contribution is 7.16. The summed E-state index contributed by atoms with van der Waals surface area (Å²) in [5.74, 6) is -0.854. The number of ether oxygens (including phenoxy) is 1.